The van der Waals surface area contributed by atoms with Gasteiger partial charge >= 0.3 is 0 Å². The van der Waals surface area contributed by atoms with E-state index in [1.165, 1.54) is 25.7 Å². The van der Waals surface area contributed by atoms with Gasteiger partial charge in [0.1, 0.15) is 0 Å². The van der Waals surface area contributed by atoms with E-state index >= 15 is 0 Å². The summed E-state index contributed by atoms with van der Waals surface area (Å²) < 4.78 is 0. The van der Waals surface area contributed by atoms with Crippen LogP contribution in [0, 0.1) is 5.92 Å². The molecule has 1 aromatic rings. The van der Waals surface area contributed by atoms with E-state index in [2.05, 4.69) is 11.2 Å². The largest absolute Gasteiger partial charge is 0.261 e. The summed E-state index contributed by atoms with van der Waals surface area (Å²) in [5.74, 6) is 0.736. The standard InChI is InChI=1S/C12H15N/c1-2-8-12(9-3-1)13-10-11-6-4-5-7-11/h1-3,8-11H,4-7H2. The van der Waals surface area contributed by atoms with Crippen molar-refractivity contribution in [3.63, 3.8) is 0 Å². The molecule has 0 atom stereocenters. The Morgan fingerprint density at radius 2 is 1.77 bits per heavy atom. The predicted octanol–water partition coefficient (Wildman–Crippen LogP) is 3.58. The van der Waals surface area contributed by atoms with Crippen LogP contribution in [0.1, 0.15) is 25.7 Å². The van der Waals surface area contributed by atoms with Crippen LogP contribution in [0.5, 0.6) is 0 Å². The predicted molar refractivity (Wildman–Crippen MR) is 56.6 cm³/mol. The van der Waals surface area contributed by atoms with Crippen molar-refractivity contribution < 1.29 is 0 Å². The molecule has 1 aromatic carbocycles. The highest BCUT2D eigenvalue weighted by molar-refractivity contribution is 5.65. The molecule has 0 unspecified atom stereocenters. The highest BCUT2D eigenvalue weighted by atomic mass is 14.7. The Balaban J connectivity index is 1.97. The monoisotopic (exact) mass is 173 g/mol. The number of hydrogen-bond donors (Lipinski definition) is 0. The van der Waals surface area contributed by atoms with Gasteiger partial charge in [0.2, 0.25) is 0 Å². The van der Waals surface area contributed by atoms with Gasteiger partial charge < -0.3 is 0 Å². The average molecular weight is 173 g/mol. The van der Waals surface area contributed by atoms with Gasteiger partial charge in [-0.3, -0.25) is 4.99 Å². The Morgan fingerprint density at radius 3 is 2.46 bits per heavy atom. The van der Waals surface area contributed by atoms with E-state index in [4.69, 9.17) is 0 Å². The molecule has 1 aliphatic rings. The normalized spacial score (nSPS) is 18.5. The number of aliphatic imine (C=N–C) groups is 1. The van der Waals surface area contributed by atoms with Crippen molar-refractivity contribution >= 4 is 11.9 Å². The molecule has 1 saturated carbocycles. The molecular weight excluding hydrogens is 158 g/mol. The van der Waals surface area contributed by atoms with Crippen LogP contribution in [0.3, 0.4) is 0 Å². The minimum Gasteiger partial charge on any atom is -0.261 e. The zero-order valence-corrected chi connectivity index (χ0v) is 7.82. The van der Waals surface area contributed by atoms with Crippen molar-refractivity contribution in [2.24, 2.45) is 10.9 Å². The molecule has 68 valence electrons. The number of benzene rings is 1. The molecule has 1 fully saturated rings. The van der Waals surface area contributed by atoms with Crippen molar-refractivity contribution in [2.75, 3.05) is 0 Å². The molecule has 13 heavy (non-hydrogen) atoms. The maximum atomic E-state index is 4.46. The smallest absolute Gasteiger partial charge is 0.0625 e. The molecule has 0 spiro atoms. The lowest BCUT2D eigenvalue weighted by atomic mass is 10.1. The minimum atomic E-state index is 0.736. The Hall–Kier alpha value is -1.11. The molecular formula is C12H15N. The van der Waals surface area contributed by atoms with Gasteiger partial charge in [-0.25, -0.2) is 0 Å². The topological polar surface area (TPSA) is 12.4 Å². The quantitative estimate of drug-likeness (QED) is 0.606. The summed E-state index contributed by atoms with van der Waals surface area (Å²) in [6, 6.07) is 10.2. The van der Waals surface area contributed by atoms with Gasteiger partial charge in [0, 0.05) is 6.21 Å². The zero-order chi connectivity index (χ0) is 8.93. The fraction of sp³-hybridized carbons (Fsp3) is 0.417. The second kappa shape index (κ2) is 4.22. The fourth-order valence-corrected chi connectivity index (χ4v) is 1.81. The third kappa shape index (κ3) is 2.41. The van der Waals surface area contributed by atoms with Gasteiger partial charge in [0.05, 0.1) is 5.69 Å². The highest BCUT2D eigenvalue weighted by Gasteiger charge is 2.11. The number of hydrogen-bond acceptors (Lipinski definition) is 1. The molecule has 1 aliphatic carbocycles. The lowest BCUT2D eigenvalue weighted by Gasteiger charge is -1.98. The van der Waals surface area contributed by atoms with Crippen LogP contribution in [0.2, 0.25) is 0 Å². The molecule has 0 radical (unpaired) electrons. The van der Waals surface area contributed by atoms with E-state index in [9.17, 15) is 0 Å². The number of rotatable bonds is 2. The zero-order valence-electron chi connectivity index (χ0n) is 7.82. The van der Waals surface area contributed by atoms with Gasteiger partial charge in [-0.05, 0) is 30.9 Å². The van der Waals surface area contributed by atoms with Gasteiger partial charge in [0.15, 0.2) is 0 Å². The number of nitrogens with zero attached hydrogens (tertiary/aromatic N) is 1. The van der Waals surface area contributed by atoms with Crippen LogP contribution in [-0.4, -0.2) is 6.21 Å². The molecule has 0 saturated heterocycles. The van der Waals surface area contributed by atoms with E-state index in [0.717, 1.165) is 11.6 Å². The second-order valence-electron chi connectivity index (χ2n) is 3.66. The first-order valence-electron chi connectivity index (χ1n) is 5.04. The van der Waals surface area contributed by atoms with E-state index in [1.807, 2.05) is 30.3 Å². The van der Waals surface area contributed by atoms with Crippen LogP contribution in [0.4, 0.5) is 5.69 Å². The molecule has 0 bridgehead atoms. The van der Waals surface area contributed by atoms with Gasteiger partial charge in [-0.1, -0.05) is 31.0 Å². The SMILES string of the molecule is C(=Nc1ccccc1)C1CCCC1. The molecule has 0 heterocycles. The molecule has 0 aliphatic heterocycles. The van der Waals surface area contributed by atoms with Crippen molar-refractivity contribution in [1.82, 2.24) is 0 Å². The molecule has 1 nitrogen and oxygen atoms in total. The van der Waals surface area contributed by atoms with Crippen molar-refractivity contribution in [2.45, 2.75) is 25.7 Å². The van der Waals surface area contributed by atoms with Crippen LogP contribution in [0.15, 0.2) is 35.3 Å². The van der Waals surface area contributed by atoms with Gasteiger partial charge in [0.25, 0.3) is 0 Å². The van der Waals surface area contributed by atoms with Gasteiger partial charge in [-0.15, -0.1) is 0 Å². The summed E-state index contributed by atoms with van der Waals surface area (Å²) in [5.41, 5.74) is 1.08. The first-order chi connectivity index (χ1) is 6.45. The van der Waals surface area contributed by atoms with Crippen molar-refractivity contribution in [3.8, 4) is 0 Å². The summed E-state index contributed by atoms with van der Waals surface area (Å²) in [5, 5.41) is 0. The van der Waals surface area contributed by atoms with E-state index < -0.39 is 0 Å². The van der Waals surface area contributed by atoms with E-state index in [1.54, 1.807) is 0 Å². The minimum absolute atomic E-state index is 0.736. The maximum absolute atomic E-state index is 4.46. The summed E-state index contributed by atoms with van der Waals surface area (Å²) in [4.78, 5) is 4.46. The molecule has 2 rings (SSSR count). The Kier molecular flexibility index (Phi) is 2.75. The molecule has 0 N–H and O–H groups in total. The lowest BCUT2D eigenvalue weighted by Crippen LogP contribution is -1.92. The summed E-state index contributed by atoms with van der Waals surface area (Å²) >= 11 is 0. The maximum Gasteiger partial charge on any atom is 0.0625 e. The fourth-order valence-electron chi connectivity index (χ4n) is 1.81. The van der Waals surface area contributed by atoms with Gasteiger partial charge in [-0.2, -0.15) is 0 Å². The Morgan fingerprint density at radius 1 is 1.08 bits per heavy atom. The molecule has 0 aromatic heterocycles. The Labute approximate surface area is 79.5 Å². The third-order valence-corrected chi connectivity index (χ3v) is 2.59. The summed E-state index contributed by atoms with van der Waals surface area (Å²) in [7, 11) is 0. The van der Waals surface area contributed by atoms with Crippen LogP contribution in [-0.2, 0) is 0 Å². The summed E-state index contributed by atoms with van der Waals surface area (Å²) in [6.07, 6.45) is 7.55. The van der Waals surface area contributed by atoms with Crippen LogP contribution < -0.4 is 0 Å². The van der Waals surface area contributed by atoms with Crippen LogP contribution in [0.25, 0.3) is 0 Å². The Bertz CT molecular complexity index is 270. The lowest BCUT2D eigenvalue weighted by molar-refractivity contribution is 0.745. The first kappa shape index (κ1) is 8.49. The first-order valence-corrected chi connectivity index (χ1v) is 5.04. The van der Waals surface area contributed by atoms with E-state index in [-0.39, 0.29) is 0 Å². The van der Waals surface area contributed by atoms with Crippen molar-refractivity contribution in [1.29, 1.82) is 0 Å². The van der Waals surface area contributed by atoms with Crippen LogP contribution >= 0.6 is 0 Å². The van der Waals surface area contributed by atoms with Crippen molar-refractivity contribution in [3.05, 3.63) is 30.3 Å². The third-order valence-electron chi connectivity index (χ3n) is 2.59. The van der Waals surface area contributed by atoms with E-state index in [0.29, 0.717) is 0 Å². The highest BCUT2D eigenvalue weighted by Crippen LogP contribution is 2.23. The molecule has 1 heteroatoms. The summed E-state index contributed by atoms with van der Waals surface area (Å²) in [6.45, 7) is 0. The molecule has 0 amide bonds. The number of para-hydroxylation sites is 1. The second-order valence-corrected chi connectivity index (χ2v) is 3.66. The average Bonchev–Trinajstić information content (AvgIpc) is 2.69.